The number of benzene rings is 8. The minimum atomic E-state index is 0.305. The fourth-order valence-corrected chi connectivity index (χ4v) is 10.7. The highest BCUT2D eigenvalue weighted by Crippen LogP contribution is 2.49. The zero-order valence-corrected chi connectivity index (χ0v) is 33.5. The molecule has 61 heavy (non-hydrogen) atoms. The average molecular weight is 777 g/mol. The number of fused-ring (bicyclic) bond motifs is 13. The summed E-state index contributed by atoms with van der Waals surface area (Å²) in [6.45, 7) is 0. The van der Waals surface area contributed by atoms with Gasteiger partial charge in [0, 0.05) is 44.6 Å². The first kappa shape index (κ1) is 34.2. The van der Waals surface area contributed by atoms with Crippen LogP contribution in [0.5, 0.6) is 0 Å². The van der Waals surface area contributed by atoms with Gasteiger partial charge in [-0.15, -0.1) is 0 Å². The van der Waals surface area contributed by atoms with Crippen molar-refractivity contribution in [1.29, 1.82) is 0 Å². The summed E-state index contributed by atoms with van der Waals surface area (Å²) in [5, 5.41) is 5.03. The van der Waals surface area contributed by atoms with E-state index in [9.17, 15) is 0 Å². The average Bonchev–Trinajstić information content (AvgIpc) is 3.75. The molecule has 286 valence electrons. The summed E-state index contributed by atoms with van der Waals surface area (Å²) in [5.74, 6) is 0.666. The van der Waals surface area contributed by atoms with Crippen LogP contribution in [0.4, 0.5) is 0 Å². The van der Waals surface area contributed by atoms with E-state index in [-0.39, 0.29) is 0 Å². The third-order valence-electron chi connectivity index (χ3n) is 13.5. The van der Waals surface area contributed by atoms with Crippen molar-refractivity contribution in [3.8, 4) is 44.8 Å². The first-order valence-electron chi connectivity index (χ1n) is 21.5. The van der Waals surface area contributed by atoms with Crippen LogP contribution in [0.15, 0.2) is 206 Å². The SMILES string of the molecule is C1=CC2C=Cc3cc(-n4c5ccccc5c5cc(-c6ccc7c(c6)c6ccccc6n7-c6cccc(-c7ccccc7)c6)ccc54)c4c(c3C2C=C1)-c1ccccc1CC=C4. The van der Waals surface area contributed by atoms with Crippen molar-refractivity contribution in [3.63, 3.8) is 0 Å². The molecule has 3 aliphatic carbocycles. The Morgan fingerprint density at radius 3 is 1.89 bits per heavy atom. The maximum atomic E-state index is 2.53. The highest BCUT2D eigenvalue weighted by Gasteiger charge is 2.31. The summed E-state index contributed by atoms with van der Waals surface area (Å²) in [4.78, 5) is 0. The predicted octanol–water partition coefficient (Wildman–Crippen LogP) is 15.3. The van der Waals surface area contributed by atoms with Crippen LogP contribution in [0.3, 0.4) is 0 Å². The number of rotatable bonds is 4. The van der Waals surface area contributed by atoms with Crippen molar-refractivity contribution in [1.82, 2.24) is 9.13 Å². The maximum Gasteiger partial charge on any atom is 0.0546 e. The second kappa shape index (κ2) is 13.4. The third-order valence-corrected chi connectivity index (χ3v) is 13.5. The number of para-hydroxylation sites is 2. The molecule has 2 aromatic heterocycles. The molecule has 0 amide bonds. The molecule has 0 N–H and O–H groups in total. The van der Waals surface area contributed by atoms with E-state index in [1.165, 1.54) is 105 Å². The lowest BCUT2D eigenvalue weighted by Crippen LogP contribution is -2.16. The normalized spacial score (nSPS) is 16.2. The van der Waals surface area contributed by atoms with E-state index in [1.807, 2.05) is 0 Å². The molecule has 0 spiro atoms. The summed E-state index contributed by atoms with van der Waals surface area (Å²) in [5.41, 5.74) is 20.2. The quantitative estimate of drug-likeness (QED) is 0.168. The Labute approximate surface area is 355 Å². The molecule has 2 atom stereocenters. The molecule has 2 heterocycles. The van der Waals surface area contributed by atoms with Gasteiger partial charge in [-0.25, -0.2) is 0 Å². The zero-order valence-electron chi connectivity index (χ0n) is 33.5. The van der Waals surface area contributed by atoms with E-state index in [4.69, 9.17) is 0 Å². The van der Waals surface area contributed by atoms with E-state index in [1.54, 1.807) is 0 Å². The van der Waals surface area contributed by atoms with Gasteiger partial charge in [0.2, 0.25) is 0 Å². The lowest BCUT2D eigenvalue weighted by molar-refractivity contribution is 0.693. The molecule has 2 nitrogen and oxygen atoms in total. The molecule has 0 aliphatic heterocycles. The van der Waals surface area contributed by atoms with Crippen molar-refractivity contribution < 1.29 is 0 Å². The van der Waals surface area contributed by atoms with Gasteiger partial charge in [-0.2, -0.15) is 0 Å². The molecule has 0 fully saturated rings. The first-order valence-corrected chi connectivity index (χ1v) is 21.5. The molecule has 8 aromatic carbocycles. The Kier molecular flexibility index (Phi) is 7.53. The van der Waals surface area contributed by atoms with E-state index < -0.39 is 0 Å². The Morgan fingerprint density at radius 1 is 0.443 bits per heavy atom. The van der Waals surface area contributed by atoms with Crippen molar-refractivity contribution in [2.24, 2.45) is 5.92 Å². The van der Waals surface area contributed by atoms with Crippen LogP contribution in [0.1, 0.15) is 28.2 Å². The summed E-state index contributed by atoms with van der Waals surface area (Å²) < 4.78 is 4.95. The lowest BCUT2D eigenvalue weighted by Gasteiger charge is -2.32. The molecule has 0 radical (unpaired) electrons. The number of aromatic nitrogens is 2. The number of allylic oxidation sites excluding steroid dienone is 6. The van der Waals surface area contributed by atoms with Crippen LogP contribution in [0.2, 0.25) is 0 Å². The standard InChI is InChI=1S/C59H40N2/c1-2-14-38(15-3-1)41-19-12-20-45(34-41)60-53-26-10-8-23-48(53)51-35-42(30-32-55(51)60)43-31-33-56-52(36-43)49-24-9-11-27-54(49)61(56)57-37-44-29-28-40-17-5-6-21-46(40)58(44)59-47-22-7-4-16-39(47)18-13-25-50(57)59/h1-17,19-37,40,46H,18H2. The molecular formula is C59H40N2. The number of hydrogen-bond donors (Lipinski definition) is 0. The molecule has 13 rings (SSSR count). The highest BCUT2D eigenvalue weighted by atomic mass is 15.0. The van der Waals surface area contributed by atoms with Crippen LogP contribution in [0.25, 0.3) is 101 Å². The molecule has 0 bridgehead atoms. The van der Waals surface area contributed by atoms with Crippen molar-refractivity contribution >= 4 is 55.8 Å². The molecule has 2 heteroatoms. The fourth-order valence-electron chi connectivity index (χ4n) is 10.7. The largest absolute Gasteiger partial charge is 0.309 e. The molecule has 3 aliphatic rings. The Hall–Kier alpha value is -7.68. The maximum absolute atomic E-state index is 2.53. The smallest absolute Gasteiger partial charge is 0.0546 e. The van der Waals surface area contributed by atoms with Crippen LogP contribution in [-0.2, 0) is 6.42 Å². The van der Waals surface area contributed by atoms with Crippen LogP contribution < -0.4 is 0 Å². The van der Waals surface area contributed by atoms with E-state index >= 15 is 0 Å². The number of hydrogen-bond acceptors (Lipinski definition) is 0. The predicted molar refractivity (Wildman–Crippen MR) is 258 cm³/mol. The Bertz CT molecular complexity index is 3570. The minimum Gasteiger partial charge on any atom is -0.309 e. The van der Waals surface area contributed by atoms with E-state index in [0.717, 1.165) is 12.1 Å². The van der Waals surface area contributed by atoms with Gasteiger partial charge in [-0.1, -0.05) is 164 Å². The molecule has 0 saturated carbocycles. The van der Waals surface area contributed by atoms with E-state index in [2.05, 4.69) is 228 Å². The van der Waals surface area contributed by atoms with E-state index in [0.29, 0.717) is 11.8 Å². The summed E-state index contributed by atoms with van der Waals surface area (Å²) in [7, 11) is 0. The monoisotopic (exact) mass is 776 g/mol. The highest BCUT2D eigenvalue weighted by molar-refractivity contribution is 6.13. The second-order valence-electron chi connectivity index (χ2n) is 16.8. The van der Waals surface area contributed by atoms with Gasteiger partial charge < -0.3 is 9.13 Å². The van der Waals surface area contributed by atoms with Crippen molar-refractivity contribution in [2.45, 2.75) is 12.3 Å². The summed E-state index contributed by atoms with van der Waals surface area (Å²) in [6.07, 6.45) is 19.7. The van der Waals surface area contributed by atoms with Gasteiger partial charge in [-0.05, 0) is 111 Å². The Morgan fingerprint density at radius 2 is 1.08 bits per heavy atom. The van der Waals surface area contributed by atoms with Gasteiger partial charge in [0.05, 0.1) is 27.8 Å². The third kappa shape index (κ3) is 5.22. The lowest BCUT2D eigenvalue weighted by atomic mass is 9.72. The second-order valence-corrected chi connectivity index (χ2v) is 16.8. The molecular weight excluding hydrogens is 737 g/mol. The van der Waals surface area contributed by atoms with Crippen LogP contribution in [-0.4, -0.2) is 9.13 Å². The molecule has 0 saturated heterocycles. The van der Waals surface area contributed by atoms with Crippen LogP contribution >= 0.6 is 0 Å². The van der Waals surface area contributed by atoms with Gasteiger partial charge in [0.25, 0.3) is 0 Å². The minimum absolute atomic E-state index is 0.305. The van der Waals surface area contributed by atoms with Gasteiger partial charge >= 0.3 is 0 Å². The molecule has 10 aromatic rings. The molecule has 2 unspecified atom stereocenters. The van der Waals surface area contributed by atoms with Gasteiger partial charge in [0.15, 0.2) is 0 Å². The number of nitrogens with zero attached hydrogens (tertiary/aromatic N) is 2. The van der Waals surface area contributed by atoms with Crippen LogP contribution in [0, 0.1) is 5.92 Å². The topological polar surface area (TPSA) is 9.86 Å². The summed E-state index contributed by atoms with van der Waals surface area (Å²) >= 11 is 0. The van der Waals surface area contributed by atoms with Gasteiger partial charge in [-0.3, -0.25) is 0 Å². The zero-order chi connectivity index (χ0) is 40.0. The Balaban J connectivity index is 0.999. The first-order chi connectivity index (χ1) is 30.3. The summed E-state index contributed by atoms with van der Waals surface area (Å²) in [6, 6.07) is 63.0. The van der Waals surface area contributed by atoms with Crippen molar-refractivity contribution in [2.75, 3.05) is 0 Å². The van der Waals surface area contributed by atoms with Crippen molar-refractivity contribution in [3.05, 3.63) is 229 Å². The fraction of sp³-hybridized carbons (Fsp3) is 0.0508. The van der Waals surface area contributed by atoms with Gasteiger partial charge in [0.1, 0.15) is 0 Å².